The first-order chi connectivity index (χ1) is 10.8. The third-order valence-electron chi connectivity index (χ3n) is 4.27. The van der Waals surface area contributed by atoms with Gasteiger partial charge in [-0.25, -0.2) is 0 Å². The van der Waals surface area contributed by atoms with Gasteiger partial charge in [0.1, 0.15) is 0 Å². The van der Waals surface area contributed by atoms with E-state index in [2.05, 4.69) is 46.4 Å². The Labute approximate surface area is 156 Å². The van der Waals surface area contributed by atoms with Crippen LogP contribution in [0.15, 0.2) is 35.3 Å². The third-order valence-corrected chi connectivity index (χ3v) is 4.27. The molecule has 1 aliphatic heterocycles. The Morgan fingerprint density at radius 2 is 2.04 bits per heavy atom. The fourth-order valence-corrected chi connectivity index (χ4v) is 2.88. The molecule has 1 aromatic rings. The lowest BCUT2D eigenvalue weighted by molar-refractivity contribution is 0.0906. The highest BCUT2D eigenvalue weighted by atomic mass is 127. The molecule has 0 amide bonds. The summed E-state index contributed by atoms with van der Waals surface area (Å²) in [6, 6.07) is 11.1. The van der Waals surface area contributed by atoms with E-state index in [9.17, 15) is 0 Å². The normalized spacial score (nSPS) is 21.2. The molecule has 1 aromatic carbocycles. The van der Waals surface area contributed by atoms with Gasteiger partial charge >= 0.3 is 0 Å². The van der Waals surface area contributed by atoms with E-state index in [1.165, 1.54) is 24.8 Å². The van der Waals surface area contributed by atoms with Crippen LogP contribution in [-0.2, 0) is 11.3 Å². The van der Waals surface area contributed by atoms with E-state index in [0.717, 1.165) is 32.2 Å². The molecular weight excluding hydrogens is 401 g/mol. The minimum absolute atomic E-state index is 0. The summed E-state index contributed by atoms with van der Waals surface area (Å²) in [4.78, 5) is 7.04. The third kappa shape index (κ3) is 5.95. The van der Waals surface area contributed by atoms with Gasteiger partial charge in [0.25, 0.3) is 0 Å². The summed E-state index contributed by atoms with van der Waals surface area (Å²) < 4.78 is 5.90. The standard InChI is InChI=1S/C18H27N3O.HI/c1-2-19-18(20-17-8-9-17)21-11-10-16(12-21)14-22-13-15-6-4-3-5-7-15;/h3-7,16-17H,2,8-14H2,1H3,(H,19,20);1H. The molecule has 1 atom stereocenters. The Morgan fingerprint density at radius 3 is 2.74 bits per heavy atom. The number of hydrogen-bond acceptors (Lipinski definition) is 2. The molecule has 1 unspecified atom stereocenters. The monoisotopic (exact) mass is 429 g/mol. The van der Waals surface area contributed by atoms with Gasteiger partial charge in [-0.05, 0) is 31.7 Å². The minimum atomic E-state index is 0. The zero-order valence-corrected chi connectivity index (χ0v) is 16.2. The van der Waals surface area contributed by atoms with Crippen molar-refractivity contribution < 1.29 is 4.74 Å². The van der Waals surface area contributed by atoms with Crippen molar-refractivity contribution in [3.05, 3.63) is 35.9 Å². The molecule has 2 fully saturated rings. The summed E-state index contributed by atoms with van der Waals surface area (Å²) in [6.07, 6.45) is 3.78. The van der Waals surface area contributed by atoms with Crippen molar-refractivity contribution >= 4 is 29.9 Å². The fraction of sp³-hybridized carbons (Fsp3) is 0.611. The SMILES string of the molecule is CCN=C(NC1CC1)N1CCC(COCc2ccccc2)C1.I. The molecular formula is C18H28IN3O. The molecule has 1 saturated carbocycles. The number of rotatable bonds is 6. The number of halogens is 1. The van der Waals surface area contributed by atoms with E-state index < -0.39 is 0 Å². The van der Waals surface area contributed by atoms with E-state index in [1.807, 2.05) is 6.07 Å². The molecule has 1 N–H and O–H groups in total. The molecule has 0 bridgehead atoms. The Kier molecular flexibility index (Phi) is 7.62. The van der Waals surface area contributed by atoms with E-state index in [0.29, 0.717) is 18.6 Å². The first-order valence-corrected chi connectivity index (χ1v) is 8.52. The molecule has 3 rings (SSSR count). The maximum atomic E-state index is 5.90. The topological polar surface area (TPSA) is 36.9 Å². The Morgan fingerprint density at radius 1 is 1.26 bits per heavy atom. The van der Waals surface area contributed by atoms with Crippen LogP contribution in [0.1, 0.15) is 31.7 Å². The Hall–Kier alpha value is -0.820. The zero-order valence-electron chi connectivity index (χ0n) is 13.9. The molecule has 0 aromatic heterocycles. The molecule has 2 aliphatic rings. The van der Waals surface area contributed by atoms with Crippen LogP contribution in [0.2, 0.25) is 0 Å². The molecule has 0 spiro atoms. The zero-order chi connectivity index (χ0) is 15.2. The molecule has 4 nitrogen and oxygen atoms in total. The van der Waals surface area contributed by atoms with Crippen LogP contribution in [-0.4, -0.2) is 43.1 Å². The van der Waals surface area contributed by atoms with Gasteiger partial charge in [-0.3, -0.25) is 4.99 Å². The summed E-state index contributed by atoms with van der Waals surface area (Å²) in [5, 5.41) is 3.57. The smallest absolute Gasteiger partial charge is 0.194 e. The van der Waals surface area contributed by atoms with E-state index in [1.54, 1.807) is 0 Å². The average Bonchev–Trinajstić information content (AvgIpc) is 3.24. The lowest BCUT2D eigenvalue weighted by atomic mass is 10.1. The number of likely N-dealkylation sites (tertiary alicyclic amines) is 1. The number of ether oxygens (including phenoxy) is 1. The van der Waals surface area contributed by atoms with Gasteiger partial charge in [-0.2, -0.15) is 0 Å². The van der Waals surface area contributed by atoms with Crippen LogP contribution in [0, 0.1) is 5.92 Å². The molecule has 128 valence electrons. The number of aliphatic imine (C=N–C) groups is 1. The highest BCUT2D eigenvalue weighted by Gasteiger charge is 2.29. The minimum Gasteiger partial charge on any atom is -0.376 e. The number of nitrogens with zero attached hydrogens (tertiary/aromatic N) is 2. The summed E-state index contributed by atoms with van der Waals surface area (Å²) in [7, 11) is 0. The number of guanidine groups is 1. The highest BCUT2D eigenvalue weighted by Crippen LogP contribution is 2.22. The van der Waals surface area contributed by atoms with Crippen molar-refractivity contribution in [2.45, 2.75) is 38.8 Å². The number of nitrogens with one attached hydrogen (secondary N) is 1. The first-order valence-electron chi connectivity index (χ1n) is 8.52. The highest BCUT2D eigenvalue weighted by molar-refractivity contribution is 14.0. The second-order valence-corrected chi connectivity index (χ2v) is 6.32. The van der Waals surface area contributed by atoms with Crippen molar-refractivity contribution in [2.24, 2.45) is 10.9 Å². The van der Waals surface area contributed by atoms with Crippen LogP contribution in [0.25, 0.3) is 0 Å². The molecule has 0 radical (unpaired) electrons. The largest absolute Gasteiger partial charge is 0.376 e. The Balaban J connectivity index is 0.00000192. The van der Waals surface area contributed by atoms with Crippen LogP contribution in [0.4, 0.5) is 0 Å². The molecule has 1 saturated heterocycles. The van der Waals surface area contributed by atoms with Crippen LogP contribution in [0.5, 0.6) is 0 Å². The predicted octanol–water partition coefficient (Wildman–Crippen LogP) is 3.27. The van der Waals surface area contributed by atoms with E-state index in [-0.39, 0.29) is 24.0 Å². The van der Waals surface area contributed by atoms with Crippen LogP contribution >= 0.6 is 24.0 Å². The van der Waals surface area contributed by atoms with Crippen LogP contribution in [0.3, 0.4) is 0 Å². The lowest BCUT2D eigenvalue weighted by Gasteiger charge is -2.22. The predicted molar refractivity (Wildman–Crippen MR) is 105 cm³/mol. The van der Waals surface area contributed by atoms with Gasteiger partial charge in [-0.1, -0.05) is 30.3 Å². The van der Waals surface area contributed by atoms with E-state index >= 15 is 0 Å². The van der Waals surface area contributed by atoms with Crippen molar-refractivity contribution in [3.8, 4) is 0 Å². The van der Waals surface area contributed by atoms with Gasteiger partial charge in [0.05, 0.1) is 13.2 Å². The summed E-state index contributed by atoms with van der Waals surface area (Å²) >= 11 is 0. The summed E-state index contributed by atoms with van der Waals surface area (Å²) in [6.45, 7) is 6.67. The first kappa shape index (κ1) is 18.5. The maximum absolute atomic E-state index is 5.90. The number of hydrogen-bond donors (Lipinski definition) is 1. The second-order valence-electron chi connectivity index (χ2n) is 6.32. The van der Waals surface area contributed by atoms with Crippen molar-refractivity contribution in [1.29, 1.82) is 0 Å². The number of benzene rings is 1. The van der Waals surface area contributed by atoms with Gasteiger partial charge in [0.2, 0.25) is 0 Å². The maximum Gasteiger partial charge on any atom is 0.194 e. The van der Waals surface area contributed by atoms with Gasteiger partial charge in [0, 0.05) is 31.6 Å². The molecule has 23 heavy (non-hydrogen) atoms. The van der Waals surface area contributed by atoms with Crippen molar-refractivity contribution in [1.82, 2.24) is 10.2 Å². The fourth-order valence-electron chi connectivity index (χ4n) is 2.88. The average molecular weight is 429 g/mol. The summed E-state index contributed by atoms with van der Waals surface area (Å²) in [5.74, 6) is 1.72. The van der Waals surface area contributed by atoms with E-state index in [4.69, 9.17) is 4.74 Å². The quantitative estimate of drug-likeness (QED) is 0.429. The van der Waals surface area contributed by atoms with Crippen molar-refractivity contribution in [3.63, 3.8) is 0 Å². The Bertz CT molecular complexity index is 490. The van der Waals surface area contributed by atoms with Gasteiger partial charge < -0.3 is 15.0 Å². The second kappa shape index (κ2) is 9.47. The van der Waals surface area contributed by atoms with Crippen molar-refractivity contribution in [2.75, 3.05) is 26.2 Å². The molecule has 1 heterocycles. The van der Waals surface area contributed by atoms with Gasteiger partial charge in [-0.15, -0.1) is 24.0 Å². The molecule has 5 heteroatoms. The summed E-state index contributed by atoms with van der Waals surface area (Å²) in [5.41, 5.74) is 1.25. The van der Waals surface area contributed by atoms with Gasteiger partial charge in [0.15, 0.2) is 5.96 Å². The molecule has 1 aliphatic carbocycles. The lowest BCUT2D eigenvalue weighted by Crippen LogP contribution is -2.41. The van der Waals surface area contributed by atoms with Crippen LogP contribution < -0.4 is 5.32 Å².